The second kappa shape index (κ2) is 4.94. The Morgan fingerprint density at radius 1 is 1.33 bits per heavy atom. The van der Waals surface area contributed by atoms with Crippen molar-refractivity contribution in [3.63, 3.8) is 0 Å². The lowest BCUT2D eigenvalue weighted by atomic mass is 9.79. The molecule has 4 heterocycles. The second-order valence-corrected chi connectivity index (χ2v) is 6.14. The molecule has 6 nitrogen and oxygen atoms in total. The van der Waals surface area contributed by atoms with Crippen LogP contribution < -0.4 is 4.90 Å². The largest absolute Gasteiger partial charge is 0.422 e. The first-order valence-electron chi connectivity index (χ1n) is 7.73. The van der Waals surface area contributed by atoms with E-state index in [-0.39, 0.29) is 0 Å². The number of hydrogen-bond donors (Lipinski definition) is 0. The number of nitrogens with zero attached hydrogens (tertiary/aromatic N) is 4. The van der Waals surface area contributed by atoms with Crippen molar-refractivity contribution in [1.29, 1.82) is 0 Å². The fraction of sp³-hybridized carbons (Fsp3) is 0.667. The molecule has 2 aromatic rings. The number of piperidine rings is 1. The minimum Gasteiger partial charge on any atom is -0.422 e. The summed E-state index contributed by atoms with van der Waals surface area (Å²) in [5.41, 5.74) is 1.69. The Balaban J connectivity index is 1.70. The van der Waals surface area contributed by atoms with Crippen LogP contribution in [0.25, 0.3) is 11.2 Å². The Hall–Kier alpha value is -1.69. The second-order valence-electron chi connectivity index (χ2n) is 6.14. The number of aromatic nitrogens is 3. The number of aryl methyl sites for hydroxylation is 1. The van der Waals surface area contributed by atoms with Gasteiger partial charge in [0, 0.05) is 31.5 Å². The van der Waals surface area contributed by atoms with E-state index >= 15 is 0 Å². The van der Waals surface area contributed by atoms with Crippen molar-refractivity contribution in [2.45, 2.75) is 32.6 Å². The van der Waals surface area contributed by atoms with E-state index in [1.54, 1.807) is 6.33 Å². The van der Waals surface area contributed by atoms with Crippen molar-refractivity contribution in [3.8, 4) is 0 Å². The molecule has 0 bridgehead atoms. The molecule has 0 unspecified atom stereocenters. The van der Waals surface area contributed by atoms with Crippen LogP contribution in [0.5, 0.6) is 0 Å². The van der Waals surface area contributed by atoms with Crippen LogP contribution >= 0.6 is 0 Å². The van der Waals surface area contributed by atoms with E-state index in [2.05, 4.69) is 19.9 Å². The van der Waals surface area contributed by atoms with Crippen LogP contribution in [-0.2, 0) is 11.2 Å². The number of anilines is 1. The van der Waals surface area contributed by atoms with Gasteiger partial charge in [0.25, 0.3) is 5.71 Å². The van der Waals surface area contributed by atoms with E-state index in [9.17, 15) is 0 Å². The number of fused-ring (bicyclic) bond motifs is 1. The van der Waals surface area contributed by atoms with Crippen LogP contribution in [0, 0.1) is 5.41 Å². The van der Waals surface area contributed by atoms with Crippen LogP contribution in [0.4, 0.5) is 5.82 Å². The maximum atomic E-state index is 5.65. The van der Waals surface area contributed by atoms with Gasteiger partial charge >= 0.3 is 0 Å². The first kappa shape index (κ1) is 13.0. The molecule has 2 fully saturated rings. The summed E-state index contributed by atoms with van der Waals surface area (Å²) in [5.74, 6) is 1.64. The van der Waals surface area contributed by atoms with Crippen LogP contribution in [0.15, 0.2) is 10.7 Å². The van der Waals surface area contributed by atoms with Gasteiger partial charge in [0.2, 0.25) is 0 Å². The highest BCUT2D eigenvalue weighted by molar-refractivity contribution is 5.81. The summed E-state index contributed by atoms with van der Waals surface area (Å²) in [5, 5.41) is 0. The highest BCUT2D eigenvalue weighted by atomic mass is 16.5. The summed E-state index contributed by atoms with van der Waals surface area (Å²) in [6, 6.07) is 0. The summed E-state index contributed by atoms with van der Waals surface area (Å²) >= 11 is 0. The minimum atomic E-state index is 0.298. The molecule has 2 aliphatic rings. The lowest BCUT2D eigenvalue weighted by molar-refractivity contribution is 0.139. The van der Waals surface area contributed by atoms with Crippen molar-refractivity contribution in [1.82, 2.24) is 15.0 Å². The topological polar surface area (TPSA) is 64.3 Å². The smallest absolute Gasteiger partial charge is 0.252 e. The molecule has 2 aromatic heterocycles. The van der Waals surface area contributed by atoms with Gasteiger partial charge in [0.15, 0.2) is 17.2 Å². The summed E-state index contributed by atoms with van der Waals surface area (Å²) in [4.78, 5) is 15.6. The van der Waals surface area contributed by atoms with Crippen LogP contribution in [-0.4, -0.2) is 41.3 Å². The number of hydrogen-bond acceptors (Lipinski definition) is 6. The molecule has 2 saturated heterocycles. The molecule has 0 aliphatic carbocycles. The fourth-order valence-corrected chi connectivity index (χ4v) is 3.53. The molecular formula is C15H20N4O2. The van der Waals surface area contributed by atoms with E-state index < -0.39 is 0 Å². The quantitative estimate of drug-likeness (QED) is 0.844. The van der Waals surface area contributed by atoms with E-state index in [0.717, 1.165) is 56.4 Å². The van der Waals surface area contributed by atoms with E-state index in [1.807, 2.05) is 6.92 Å². The fourth-order valence-electron chi connectivity index (χ4n) is 3.53. The summed E-state index contributed by atoms with van der Waals surface area (Å²) < 4.78 is 11.3. The van der Waals surface area contributed by atoms with Gasteiger partial charge in [-0.05, 0) is 19.3 Å². The zero-order valence-electron chi connectivity index (χ0n) is 12.3. The van der Waals surface area contributed by atoms with E-state index in [1.165, 1.54) is 12.8 Å². The third-order valence-corrected chi connectivity index (χ3v) is 4.67. The molecule has 1 spiro atoms. The SMILES string of the molecule is CCc1nc2c(N3CCC[C@]4(CCOC4)C3)ncnc2o1. The van der Waals surface area contributed by atoms with E-state index in [0.29, 0.717) is 11.1 Å². The molecule has 0 aromatic carbocycles. The molecule has 6 heteroatoms. The maximum Gasteiger partial charge on any atom is 0.252 e. The summed E-state index contributed by atoms with van der Waals surface area (Å²) in [7, 11) is 0. The Labute approximate surface area is 123 Å². The predicted octanol–water partition coefficient (Wildman–Crippen LogP) is 2.19. The van der Waals surface area contributed by atoms with Gasteiger partial charge in [-0.2, -0.15) is 4.98 Å². The van der Waals surface area contributed by atoms with Crippen molar-refractivity contribution in [2.75, 3.05) is 31.2 Å². The van der Waals surface area contributed by atoms with Gasteiger partial charge in [0.1, 0.15) is 6.33 Å². The van der Waals surface area contributed by atoms with Crippen molar-refractivity contribution in [2.24, 2.45) is 5.41 Å². The average Bonchev–Trinajstić information content (AvgIpc) is 3.13. The molecule has 0 N–H and O–H groups in total. The molecule has 4 rings (SSSR count). The van der Waals surface area contributed by atoms with Crippen molar-refractivity contribution >= 4 is 17.0 Å². The maximum absolute atomic E-state index is 5.65. The minimum absolute atomic E-state index is 0.298. The van der Waals surface area contributed by atoms with Gasteiger partial charge in [-0.25, -0.2) is 9.97 Å². The summed E-state index contributed by atoms with van der Waals surface area (Å²) in [6.45, 7) is 5.80. The zero-order chi connectivity index (χ0) is 14.3. The molecule has 0 amide bonds. The molecule has 1 atom stereocenters. The molecule has 0 radical (unpaired) electrons. The van der Waals surface area contributed by atoms with Gasteiger partial charge < -0.3 is 14.1 Å². The highest BCUT2D eigenvalue weighted by Crippen LogP contribution is 2.39. The Bertz CT molecular complexity index is 648. The van der Waals surface area contributed by atoms with Gasteiger partial charge in [-0.3, -0.25) is 0 Å². The normalized spacial score (nSPS) is 26.0. The predicted molar refractivity (Wildman–Crippen MR) is 78.3 cm³/mol. The van der Waals surface area contributed by atoms with E-state index in [4.69, 9.17) is 9.15 Å². The first-order chi connectivity index (χ1) is 10.3. The van der Waals surface area contributed by atoms with Gasteiger partial charge in [-0.15, -0.1) is 0 Å². The van der Waals surface area contributed by atoms with Crippen molar-refractivity contribution < 1.29 is 9.15 Å². The van der Waals surface area contributed by atoms with Crippen LogP contribution in [0.1, 0.15) is 32.1 Å². The lowest BCUT2D eigenvalue weighted by Crippen LogP contribution is -2.44. The third-order valence-electron chi connectivity index (χ3n) is 4.67. The number of rotatable bonds is 2. The van der Waals surface area contributed by atoms with Crippen LogP contribution in [0.2, 0.25) is 0 Å². The molecular weight excluding hydrogens is 268 g/mol. The monoisotopic (exact) mass is 288 g/mol. The van der Waals surface area contributed by atoms with Gasteiger partial charge in [0.05, 0.1) is 6.61 Å². The standard InChI is InChI=1S/C15H20N4O2/c1-2-11-18-12-13(16-10-17-14(12)21-11)19-6-3-4-15(8-19)5-7-20-9-15/h10H,2-9H2,1H3/t15-/m0/s1. The number of oxazole rings is 1. The highest BCUT2D eigenvalue weighted by Gasteiger charge is 2.39. The molecule has 112 valence electrons. The summed E-state index contributed by atoms with van der Waals surface area (Å²) in [6.07, 6.45) is 5.92. The van der Waals surface area contributed by atoms with Gasteiger partial charge in [-0.1, -0.05) is 6.92 Å². The third kappa shape index (κ3) is 2.18. The Morgan fingerprint density at radius 3 is 3.10 bits per heavy atom. The molecule has 0 saturated carbocycles. The molecule has 21 heavy (non-hydrogen) atoms. The molecule has 2 aliphatic heterocycles. The first-order valence-corrected chi connectivity index (χ1v) is 7.73. The van der Waals surface area contributed by atoms with Crippen LogP contribution in [0.3, 0.4) is 0 Å². The average molecular weight is 288 g/mol. The number of ether oxygens (including phenoxy) is 1. The Morgan fingerprint density at radius 2 is 2.29 bits per heavy atom. The lowest BCUT2D eigenvalue weighted by Gasteiger charge is -2.39. The van der Waals surface area contributed by atoms with Crippen molar-refractivity contribution in [3.05, 3.63) is 12.2 Å². The Kier molecular flexibility index (Phi) is 3.06. The zero-order valence-corrected chi connectivity index (χ0v) is 12.3.